The number of H-pyrrole nitrogens is 1. The molecule has 0 amide bonds. The van der Waals surface area contributed by atoms with Crippen LogP contribution in [0.15, 0.2) is 40.3 Å². The summed E-state index contributed by atoms with van der Waals surface area (Å²) in [6, 6.07) is 10.0. The molecule has 1 aromatic carbocycles. The predicted molar refractivity (Wildman–Crippen MR) is 79.4 cm³/mol. The number of hydrogen-bond donors (Lipinski definition) is 1. The third-order valence-corrected chi connectivity index (χ3v) is 4.17. The van der Waals surface area contributed by atoms with Gasteiger partial charge >= 0.3 is 0 Å². The first-order valence-corrected chi connectivity index (χ1v) is 7.33. The molecule has 0 radical (unpaired) electrons. The molecule has 0 aliphatic rings. The van der Waals surface area contributed by atoms with Crippen molar-refractivity contribution in [1.82, 2.24) is 19.6 Å². The zero-order valence-electron chi connectivity index (χ0n) is 10.6. The fourth-order valence-corrected chi connectivity index (χ4v) is 2.70. The summed E-state index contributed by atoms with van der Waals surface area (Å²) >= 11 is 7.40. The first kappa shape index (κ1) is 13.2. The molecule has 1 N–H and O–H groups in total. The highest BCUT2D eigenvalue weighted by atomic mass is 35.5. The summed E-state index contributed by atoms with van der Waals surface area (Å²) in [6.45, 7) is 1.69. The van der Waals surface area contributed by atoms with Gasteiger partial charge < -0.3 is 0 Å². The fraction of sp³-hybridized carbons (Fsp3) is 0.154. The van der Waals surface area contributed by atoms with Gasteiger partial charge in [-0.15, -0.1) is 0 Å². The van der Waals surface area contributed by atoms with Crippen LogP contribution in [0.4, 0.5) is 0 Å². The third kappa shape index (κ3) is 2.44. The Hall–Kier alpha value is -1.79. The standard InChI is InChI=1S/C13H11ClN4OS/c1-8-10(14)11(19)18-12(15-8)16-13(17-18)20-7-9-5-3-2-4-6-9/h2-6H,7H2,1H3,(H,15,16,17). The number of aromatic amines is 1. The molecule has 5 nitrogen and oxygen atoms in total. The molecule has 2 heterocycles. The number of aryl methyl sites for hydroxylation is 1. The van der Waals surface area contributed by atoms with E-state index in [9.17, 15) is 4.79 Å². The van der Waals surface area contributed by atoms with Crippen LogP contribution in [0.5, 0.6) is 0 Å². The van der Waals surface area contributed by atoms with Gasteiger partial charge in [0.25, 0.3) is 11.3 Å². The van der Waals surface area contributed by atoms with Crippen LogP contribution >= 0.6 is 23.4 Å². The van der Waals surface area contributed by atoms with E-state index in [2.05, 4.69) is 15.1 Å². The van der Waals surface area contributed by atoms with Gasteiger partial charge in [-0.25, -0.2) is 4.98 Å². The summed E-state index contributed by atoms with van der Waals surface area (Å²) in [7, 11) is 0. The summed E-state index contributed by atoms with van der Waals surface area (Å²) in [6.07, 6.45) is 0. The molecule has 0 bridgehead atoms. The molecular weight excluding hydrogens is 296 g/mol. The minimum atomic E-state index is -0.326. The maximum atomic E-state index is 11.9. The number of thioether (sulfide) groups is 1. The second-order valence-electron chi connectivity index (χ2n) is 4.25. The van der Waals surface area contributed by atoms with Gasteiger partial charge in [-0.1, -0.05) is 53.7 Å². The highest BCUT2D eigenvalue weighted by Crippen LogP contribution is 2.19. The first-order valence-electron chi connectivity index (χ1n) is 5.97. The average Bonchev–Trinajstić information content (AvgIpc) is 2.87. The minimum absolute atomic E-state index is 0.116. The van der Waals surface area contributed by atoms with E-state index in [1.165, 1.54) is 21.8 Å². The molecule has 0 spiro atoms. The van der Waals surface area contributed by atoms with Gasteiger partial charge in [-0.05, 0) is 12.5 Å². The Kier molecular flexibility index (Phi) is 3.50. The number of nitrogens with one attached hydrogen (secondary N) is 1. The lowest BCUT2D eigenvalue weighted by molar-refractivity contribution is 0.845. The number of hydrogen-bond acceptors (Lipinski definition) is 4. The quantitative estimate of drug-likeness (QED) is 0.756. The van der Waals surface area contributed by atoms with Crippen LogP contribution in [-0.4, -0.2) is 19.6 Å². The molecule has 0 aliphatic carbocycles. The average molecular weight is 307 g/mol. The second kappa shape index (κ2) is 5.30. The van der Waals surface area contributed by atoms with Crippen molar-refractivity contribution in [3.05, 3.63) is 57.0 Å². The molecule has 7 heteroatoms. The molecule has 0 saturated heterocycles. The molecule has 2 aromatic heterocycles. The van der Waals surface area contributed by atoms with Crippen LogP contribution < -0.4 is 5.56 Å². The summed E-state index contributed by atoms with van der Waals surface area (Å²) < 4.78 is 1.27. The maximum absolute atomic E-state index is 11.9. The lowest BCUT2D eigenvalue weighted by Gasteiger charge is -1.97. The SMILES string of the molecule is Cc1nc2nc(SCc3ccccc3)[nH]n2c(=O)c1Cl. The van der Waals surface area contributed by atoms with Crippen molar-refractivity contribution in [2.45, 2.75) is 17.8 Å². The summed E-state index contributed by atoms with van der Waals surface area (Å²) in [5.41, 5.74) is 1.35. The normalized spacial score (nSPS) is 11.1. The van der Waals surface area contributed by atoms with E-state index in [1.807, 2.05) is 30.3 Å². The maximum Gasteiger partial charge on any atom is 0.293 e. The highest BCUT2D eigenvalue weighted by Gasteiger charge is 2.11. The second-order valence-corrected chi connectivity index (χ2v) is 5.60. The zero-order valence-corrected chi connectivity index (χ0v) is 12.2. The molecule has 0 aliphatic heterocycles. The van der Waals surface area contributed by atoms with Crippen LogP contribution in [0, 0.1) is 6.92 Å². The summed E-state index contributed by atoms with van der Waals surface area (Å²) in [5, 5.41) is 3.67. The number of fused-ring (bicyclic) bond motifs is 1. The van der Waals surface area contributed by atoms with Crippen LogP contribution in [-0.2, 0) is 5.75 Å². The molecule has 0 fully saturated rings. The number of benzene rings is 1. The van der Waals surface area contributed by atoms with Crippen molar-refractivity contribution >= 4 is 29.1 Å². The van der Waals surface area contributed by atoms with E-state index in [0.29, 0.717) is 16.6 Å². The van der Waals surface area contributed by atoms with Crippen LogP contribution in [0.1, 0.15) is 11.3 Å². The van der Waals surface area contributed by atoms with E-state index < -0.39 is 0 Å². The first-order chi connectivity index (χ1) is 9.65. The lowest BCUT2D eigenvalue weighted by Crippen LogP contribution is -2.17. The Morgan fingerprint density at radius 1 is 1.30 bits per heavy atom. The molecular formula is C13H11ClN4OS. The van der Waals surface area contributed by atoms with Gasteiger partial charge in [-0.2, -0.15) is 9.50 Å². The van der Waals surface area contributed by atoms with Gasteiger partial charge in [0.2, 0.25) is 0 Å². The van der Waals surface area contributed by atoms with Gasteiger partial charge in [0.05, 0.1) is 5.69 Å². The number of rotatable bonds is 3. The van der Waals surface area contributed by atoms with E-state index in [1.54, 1.807) is 6.92 Å². The molecule has 3 rings (SSSR count). The van der Waals surface area contributed by atoms with Crippen molar-refractivity contribution in [3.63, 3.8) is 0 Å². The van der Waals surface area contributed by atoms with Crippen molar-refractivity contribution < 1.29 is 0 Å². The van der Waals surface area contributed by atoms with Gasteiger partial charge in [-0.3, -0.25) is 9.89 Å². The van der Waals surface area contributed by atoms with Crippen LogP contribution in [0.3, 0.4) is 0 Å². The van der Waals surface area contributed by atoms with E-state index in [0.717, 1.165) is 5.75 Å². The lowest BCUT2D eigenvalue weighted by atomic mass is 10.2. The molecule has 20 heavy (non-hydrogen) atoms. The van der Waals surface area contributed by atoms with Crippen molar-refractivity contribution in [3.8, 4) is 0 Å². The summed E-state index contributed by atoms with van der Waals surface area (Å²) in [5.74, 6) is 1.11. The van der Waals surface area contributed by atoms with Crippen LogP contribution in [0.2, 0.25) is 5.02 Å². The Labute approximate surface area is 124 Å². The number of aromatic nitrogens is 4. The fourth-order valence-electron chi connectivity index (χ4n) is 1.77. The number of halogens is 1. The van der Waals surface area contributed by atoms with Crippen molar-refractivity contribution in [1.29, 1.82) is 0 Å². The third-order valence-electron chi connectivity index (χ3n) is 2.80. The Morgan fingerprint density at radius 3 is 2.80 bits per heavy atom. The van der Waals surface area contributed by atoms with Gasteiger partial charge in [0.15, 0.2) is 5.16 Å². The van der Waals surface area contributed by atoms with E-state index >= 15 is 0 Å². The molecule has 0 atom stereocenters. The Morgan fingerprint density at radius 2 is 2.05 bits per heavy atom. The number of nitrogens with zero attached hydrogens (tertiary/aromatic N) is 3. The molecule has 0 unspecified atom stereocenters. The smallest absolute Gasteiger partial charge is 0.266 e. The largest absolute Gasteiger partial charge is 0.293 e. The molecule has 102 valence electrons. The Balaban J connectivity index is 1.90. The van der Waals surface area contributed by atoms with Crippen LogP contribution in [0.25, 0.3) is 5.78 Å². The Bertz CT molecular complexity index is 812. The highest BCUT2D eigenvalue weighted by molar-refractivity contribution is 7.98. The van der Waals surface area contributed by atoms with Crippen molar-refractivity contribution in [2.75, 3.05) is 0 Å². The minimum Gasteiger partial charge on any atom is -0.266 e. The predicted octanol–water partition coefficient (Wildman–Crippen LogP) is 2.67. The summed E-state index contributed by atoms with van der Waals surface area (Å²) in [4.78, 5) is 20.4. The van der Waals surface area contributed by atoms with Crippen molar-refractivity contribution in [2.24, 2.45) is 0 Å². The van der Waals surface area contributed by atoms with Gasteiger partial charge in [0, 0.05) is 5.75 Å². The van der Waals surface area contributed by atoms with E-state index in [-0.39, 0.29) is 10.6 Å². The topological polar surface area (TPSA) is 63.1 Å². The van der Waals surface area contributed by atoms with Gasteiger partial charge in [0.1, 0.15) is 5.02 Å². The zero-order chi connectivity index (χ0) is 14.1. The van der Waals surface area contributed by atoms with E-state index in [4.69, 9.17) is 11.6 Å². The monoisotopic (exact) mass is 306 g/mol. The molecule has 0 saturated carbocycles. The molecule has 3 aromatic rings.